The molecule has 1 aromatic carbocycles. The number of fused-ring (bicyclic) bond motifs is 1. The SMILES string of the molecule is CCNC(CN1c2ccccc2CC1C)C(=O)O. The summed E-state index contributed by atoms with van der Waals surface area (Å²) in [6.07, 6.45) is 0.995. The molecule has 98 valence electrons. The van der Waals surface area contributed by atoms with Gasteiger partial charge in [-0.25, -0.2) is 0 Å². The highest BCUT2D eigenvalue weighted by molar-refractivity contribution is 5.75. The molecule has 2 rings (SSSR count). The van der Waals surface area contributed by atoms with Crippen molar-refractivity contribution in [3.63, 3.8) is 0 Å². The molecule has 2 unspecified atom stereocenters. The summed E-state index contributed by atoms with van der Waals surface area (Å²) in [6.45, 7) is 5.25. The fourth-order valence-corrected chi connectivity index (χ4v) is 2.58. The first kappa shape index (κ1) is 12.9. The summed E-state index contributed by atoms with van der Waals surface area (Å²) in [7, 11) is 0. The zero-order valence-electron chi connectivity index (χ0n) is 10.9. The summed E-state index contributed by atoms with van der Waals surface area (Å²) in [6, 6.07) is 8.09. The van der Waals surface area contributed by atoms with Crippen LogP contribution in [0.2, 0.25) is 0 Å². The van der Waals surface area contributed by atoms with E-state index in [-0.39, 0.29) is 0 Å². The van der Waals surface area contributed by atoms with E-state index in [1.807, 2.05) is 19.1 Å². The second-order valence-electron chi connectivity index (χ2n) is 4.78. The largest absolute Gasteiger partial charge is 0.480 e. The Kier molecular flexibility index (Phi) is 3.87. The molecule has 4 nitrogen and oxygen atoms in total. The monoisotopic (exact) mass is 248 g/mol. The second kappa shape index (κ2) is 5.40. The molecule has 0 bridgehead atoms. The third-order valence-corrected chi connectivity index (χ3v) is 3.48. The average molecular weight is 248 g/mol. The van der Waals surface area contributed by atoms with Crippen LogP contribution in [0.1, 0.15) is 19.4 Å². The van der Waals surface area contributed by atoms with Crippen LogP contribution in [0.15, 0.2) is 24.3 Å². The zero-order chi connectivity index (χ0) is 13.1. The summed E-state index contributed by atoms with van der Waals surface area (Å²) >= 11 is 0. The molecule has 0 saturated heterocycles. The number of carbonyl (C=O) groups is 1. The number of para-hydroxylation sites is 1. The molecule has 0 saturated carbocycles. The van der Waals surface area contributed by atoms with Gasteiger partial charge >= 0.3 is 5.97 Å². The minimum Gasteiger partial charge on any atom is -0.480 e. The molecule has 18 heavy (non-hydrogen) atoms. The van der Waals surface area contributed by atoms with E-state index >= 15 is 0 Å². The molecule has 2 atom stereocenters. The number of hydrogen-bond donors (Lipinski definition) is 2. The molecule has 2 N–H and O–H groups in total. The molecule has 0 radical (unpaired) electrons. The highest BCUT2D eigenvalue weighted by Crippen LogP contribution is 2.31. The third-order valence-electron chi connectivity index (χ3n) is 3.48. The Balaban J connectivity index is 2.15. The van der Waals surface area contributed by atoms with E-state index in [4.69, 9.17) is 0 Å². The fourth-order valence-electron chi connectivity index (χ4n) is 2.58. The third kappa shape index (κ3) is 2.48. The van der Waals surface area contributed by atoms with Crippen LogP contribution in [0.4, 0.5) is 5.69 Å². The van der Waals surface area contributed by atoms with Gasteiger partial charge in [0.15, 0.2) is 0 Å². The molecule has 0 aliphatic carbocycles. The second-order valence-corrected chi connectivity index (χ2v) is 4.78. The number of rotatable bonds is 5. The van der Waals surface area contributed by atoms with Crippen molar-refractivity contribution in [3.05, 3.63) is 29.8 Å². The molecule has 1 aliphatic heterocycles. The Bertz CT molecular complexity index is 434. The van der Waals surface area contributed by atoms with Crippen LogP contribution >= 0.6 is 0 Å². The number of benzene rings is 1. The molecule has 1 aliphatic rings. The van der Waals surface area contributed by atoms with Crippen molar-refractivity contribution in [2.24, 2.45) is 0 Å². The highest BCUT2D eigenvalue weighted by Gasteiger charge is 2.29. The lowest BCUT2D eigenvalue weighted by Crippen LogP contribution is -2.47. The lowest BCUT2D eigenvalue weighted by Gasteiger charge is -2.28. The standard InChI is InChI=1S/C14H20N2O2/c1-3-15-12(14(17)18)9-16-10(2)8-11-6-4-5-7-13(11)16/h4-7,10,12,15H,3,8-9H2,1-2H3,(H,17,18). The van der Waals surface area contributed by atoms with Crippen molar-refractivity contribution in [3.8, 4) is 0 Å². The number of likely N-dealkylation sites (N-methyl/N-ethyl adjacent to an activating group) is 1. The molecule has 1 aromatic rings. The number of nitrogens with zero attached hydrogens (tertiary/aromatic N) is 1. The molecule has 0 spiro atoms. The van der Waals surface area contributed by atoms with Gasteiger partial charge in [-0.2, -0.15) is 0 Å². The van der Waals surface area contributed by atoms with E-state index in [0.29, 0.717) is 19.1 Å². The smallest absolute Gasteiger partial charge is 0.322 e. The number of carboxylic acid groups (broad SMARTS) is 1. The highest BCUT2D eigenvalue weighted by atomic mass is 16.4. The predicted octanol–water partition coefficient (Wildman–Crippen LogP) is 1.50. The van der Waals surface area contributed by atoms with Crippen LogP contribution in [0, 0.1) is 0 Å². The molecular formula is C14H20N2O2. The van der Waals surface area contributed by atoms with E-state index in [1.165, 1.54) is 11.3 Å². The topological polar surface area (TPSA) is 52.6 Å². The average Bonchev–Trinajstić information content (AvgIpc) is 2.65. The van der Waals surface area contributed by atoms with Gasteiger partial charge in [0.05, 0.1) is 0 Å². The maximum atomic E-state index is 11.2. The van der Waals surface area contributed by atoms with Crippen molar-refractivity contribution in [2.75, 3.05) is 18.0 Å². The Morgan fingerprint density at radius 1 is 1.56 bits per heavy atom. The van der Waals surface area contributed by atoms with Crippen molar-refractivity contribution >= 4 is 11.7 Å². The molecule has 0 amide bonds. The molecular weight excluding hydrogens is 228 g/mol. The van der Waals surface area contributed by atoms with E-state index in [2.05, 4.69) is 29.3 Å². The normalized spacial score (nSPS) is 19.7. The fraction of sp³-hybridized carbons (Fsp3) is 0.500. The maximum Gasteiger partial charge on any atom is 0.322 e. The number of aliphatic carboxylic acids is 1. The number of nitrogens with one attached hydrogen (secondary N) is 1. The van der Waals surface area contributed by atoms with Gasteiger partial charge in [-0.15, -0.1) is 0 Å². The summed E-state index contributed by atoms with van der Waals surface area (Å²) in [5.41, 5.74) is 2.49. The Hall–Kier alpha value is -1.55. The first-order valence-corrected chi connectivity index (χ1v) is 6.44. The molecule has 4 heteroatoms. The lowest BCUT2D eigenvalue weighted by molar-refractivity contribution is -0.139. The van der Waals surface area contributed by atoms with Crippen LogP contribution in [0.3, 0.4) is 0 Å². The van der Waals surface area contributed by atoms with Crippen molar-refractivity contribution in [2.45, 2.75) is 32.4 Å². The Labute approximate surface area is 108 Å². The Morgan fingerprint density at radius 3 is 2.94 bits per heavy atom. The van der Waals surface area contributed by atoms with E-state index in [0.717, 1.165) is 6.42 Å². The number of anilines is 1. The van der Waals surface area contributed by atoms with Gasteiger partial charge in [0.1, 0.15) is 6.04 Å². The molecule has 0 fully saturated rings. The Morgan fingerprint density at radius 2 is 2.28 bits per heavy atom. The molecule has 0 aromatic heterocycles. The lowest BCUT2D eigenvalue weighted by atomic mass is 10.1. The summed E-state index contributed by atoms with van der Waals surface area (Å²) < 4.78 is 0. The van der Waals surface area contributed by atoms with E-state index in [1.54, 1.807) is 0 Å². The maximum absolute atomic E-state index is 11.2. The molecule has 1 heterocycles. The van der Waals surface area contributed by atoms with Crippen LogP contribution in [0.5, 0.6) is 0 Å². The van der Waals surface area contributed by atoms with Gasteiger partial charge in [-0.3, -0.25) is 4.79 Å². The summed E-state index contributed by atoms with van der Waals surface area (Å²) in [5, 5.41) is 12.2. The van der Waals surface area contributed by atoms with Gasteiger partial charge in [0.2, 0.25) is 0 Å². The van der Waals surface area contributed by atoms with Crippen LogP contribution in [-0.4, -0.2) is 36.2 Å². The van der Waals surface area contributed by atoms with E-state index in [9.17, 15) is 9.90 Å². The van der Waals surface area contributed by atoms with Crippen LogP contribution in [0.25, 0.3) is 0 Å². The number of carboxylic acids is 1. The zero-order valence-corrected chi connectivity index (χ0v) is 10.9. The van der Waals surface area contributed by atoms with E-state index < -0.39 is 12.0 Å². The first-order valence-electron chi connectivity index (χ1n) is 6.44. The van der Waals surface area contributed by atoms with Gasteiger partial charge in [-0.1, -0.05) is 25.1 Å². The summed E-state index contributed by atoms with van der Waals surface area (Å²) in [4.78, 5) is 13.4. The van der Waals surface area contributed by atoms with Gasteiger partial charge in [0.25, 0.3) is 0 Å². The minimum absolute atomic E-state index is 0.364. The summed E-state index contributed by atoms with van der Waals surface area (Å²) in [5.74, 6) is -0.784. The van der Waals surface area contributed by atoms with Crippen LogP contribution in [-0.2, 0) is 11.2 Å². The van der Waals surface area contributed by atoms with Crippen molar-refractivity contribution in [1.29, 1.82) is 0 Å². The van der Waals surface area contributed by atoms with Crippen molar-refractivity contribution in [1.82, 2.24) is 5.32 Å². The van der Waals surface area contributed by atoms with Crippen molar-refractivity contribution < 1.29 is 9.90 Å². The predicted molar refractivity (Wildman–Crippen MR) is 72.1 cm³/mol. The quantitative estimate of drug-likeness (QED) is 0.829. The minimum atomic E-state index is -0.784. The van der Waals surface area contributed by atoms with Gasteiger partial charge < -0.3 is 15.3 Å². The number of hydrogen-bond acceptors (Lipinski definition) is 3. The van der Waals surface area contributed by atoms with Gasteiger partial charge in [0, 0.05) is 18.3 Å². The van der Waals surface area contributed by atoms with Gasteiger partial charge in [-0.05, 0) is 31.5 Å². The first-order chi connectivity index (χ1) is 8.63. The van der Waals surface area contributed by atoms with Crippen LogP contribution < -0.4 is 10.2 Å².